The molecule has 0 fully saturated rings. The summed E-state index contributed by atoms with van der Waals surface area (Å²) in [5, 5.41) is 21.0. The van der Waals surface area contributed by atoms with Gasteiger partial charge < -0.3 is 39.2 Å². The van der Waals surface area contributed by atoms with Gasteiger partial charge in [-0.25, -0.2) is 0 Å². The molecular formula is C132H108N10. The van der Waals surface area contributed by atoms with Crippen molar-refractivity contribution in [3.05, 3.63) is 568 Å². The number of nitriles is 2. The predicted molar refractivity (Wildman–Crippen MR) is 601 cm³/mol. The van der Waals surface area contributed by atoms with E-state index in [4.69, 9.17) is 5.26 Å². The summed E-state index contributed by atoms with van der Waals surface area (Å²) in [6.45, 7) is 4.24. The molecule has 21 rings (SSSR count). The molecular weight excluding hydrogens is 1730 g/mol. The maximum atomic E-state index is 9.34. The number of rotatable bonds is 24. The third-order valence-corrected chi connectivity index (χ3v) is 25.5. The van der Waals surface area contributed by atoms with Gasteiger partial charge in [0.1, 0.15) is 0 Å². The molecule has 0 aliphatic heterocycles. The molecule has 0 aliphatic rings. The van der Waals surface area contributed by atoms with Crippen LogP contribution in [-0.4, -0.2) is 28.2 Å². The largest absolute Gasteiger partial charge is 0.345 e. The van der Waals surface area contributed by atoms with E-state index in [1.165, 1.54) is 77.8 Å². The van der Waals surface area contributed by atoms with Crippen LogP contribution in [0.3, 0.4) is 0 Å². The second kappa shape index (κ2) is 45.3. The molecule has 0 spiro atoms. The highest BCUT2D eigenvalue weighted by molar-refractivity contribution is 5.97. The number of fused-ring (bicyclic) bond motifs is 1. The number of aryl methyl sites for hydroxylation is 2. The van der Waals surface area contributed by atoms with Gasteiger partial charge in [-0.05, 0) is 319 Å². The lowest BCUT2D eigenvalue weighted by molar-refractivity contribution is 1.20. The summed E-state index contributed by atoms with van der Waals surface area (Å²) in [5.41, 5.74) is 35.4. The zero-order chi connectivity index (χ0) is 97.3. The van der Waals surface area contributed by atoms with Crippen molar-refractivity contribution in [3.63, 3.8) is 0 Å². The van der Waals surface area contributed by atoms with Crippen molar-refractivity contribution >= 4 is 125 Å². The van der Waals surface area contributed by atoms with Crippen LogP contribution in [-0.2, 0) is 0 Å². The summed E-state index contributed by atoms with van der Waals surface area (Å²) in [5.74, 6) is 0. The first-order valence-corrected chi connectivity index (χ1v) is 47.8. The summed E-state index contributed by atoms with van der Waals surface area (Å²) in [6, 6.07) is 195. The Hall–Kier alpha value is -18.7. The van der Waals surface area contributed by atoms with Gasteiger partial charge in [-0.3, -0.25) is 0 Å². The molecule has 21 aromatic carbocycles. The van der Waals surface area contributed by atoms with E-state index < -0.39 is 0 Å². The van der Waals surface area contributed by atoms with Crippen molar-refractivity contribution in [3.8, 4) is 56.6 Å². The molecule has 0 atom stereocenters. The zero-order valence-electron chi connectivity index (χ0n) is 80.4. The van der Waals surface area contributed by atoms with Gasteiger partial charge in [0.05, 0.1) is 23.3 Å². The molecule has 0 saturated carbocycles. The standard InChI is InChI=1S/2C38H29N3.C30H26N2.C26H24N2/c1-40(36-18-8-11-29(25-36)28-39)34-21-23-35(24-22-34)41(37-19-9-16-32(26-37)30-12-4-2-5-13-30)38-20-10-17-33(27-38)31-14-6-3-7-15-31;1-40(34-20-18-29(28-39)19-21-34)35-22-24-36(25-23-35)41(37-16-8-14-32(26-37)30-10-4-2-5-11-30)38-17-9-15-33(27-38)31-12-6-3-7-13-31;1-23-15-17-27(18-16-23)32(26-11-4-3-5-12-26)28-21-19-25(20-22-28)31(2)30-14-8-10-24-9-6-7-13-29(24)30;1-21-13-15-25(16-14-21)28(24-11-7-4-8-12-24)26-19-17-23(18-20-26)27(2)22-9-5-3-6-10-22/h2*2-27H,1H3;3-22H,1-2H3;3-20H,1-2H3. The fraction of sp³-hybridized carbons (Fsp3) is 0.0455. The average molecular weight is 1830 g/mol. The second-order valence-electron chi connectivity index (χ2n) is 34.8. The smallest absolute Gasteiger partial charge is 0.0992 e. The Kier molecular flexibility index (Phi) is 29.9. The minimum Gasteiger partial charge on any atom is -0.345 e. The van der Waals surface area contributed by atoms with Gasteiger partial charge >= 0.3 is 0 Å². The Labute approximate surface area is 835 Å². The quantitative estimate of drug-likeness (QED) is 0.0584. The molecule has 686 valence electrons. The molecule has 0 radical (unpaired) electrons. The van der Waals surface area contributed by atoms with E-state index in [-0.39, 0.29) is 0 Å². The topological polar surface area (TPSA) is 73.5 Å². The summed E-state index contributed by atoms with van der Waals surface area (Å²) in [4.78, 5) is 17.9. The molecule has 142 heavy (non-hydrogen) atoms. The normalized spacial score (nSPS) is 10.6. The fourth-order valence-corrected chi connectivity index (χ4v) is 17.7. The summed E-state index contributed by atoms with van der Waals surface area (Å²) >= 11 is 0. The molecule has 10 nitrogen and oxygen atoms in total. The molecule has 21 aromatic rings. The molecule has 0 saturated heterocycles. The number of para-hydroxylation sites is 3. The number of hydrogen-bond acceptors (Lipinski definition) is 10. The Morgan fingerprint density at radius 3 is 0.697 bits per heavy atom. The van der Waals surface area contributed by atoms with E-state index in [1.807, 2.05) is 93.0 Å². The van der Waals surface area contributed by atoms with Crippen LogP contribution in [0.1, 0.15) is 22.3 Å². The lowest BCUT2D eigenvalue weighted by Gasteiger charge is -2.27. The molecule has 0 bridgehead atoms. The molecule has 0 N–H and O–H groups in total. The maximum absolute atomic E-state index is 9.34. The Morgan fingerprint density at radius 1 is 0.155 bits per heavy atom. The van der Waals surface area contributed by atoms with E-state index in [1.54, 1.807) is 0 Å². The van der Waals surface area contributed by atoms with Crippen molar-refractivity contribution in [2.75, 3.05) is 67.4 Å². The number of hydrogen-bond donors (Lipinski definition) is 0. The van der Waals surface area contributed by atoms with E-state index in [9.17, 15) is 5.26 Å². The van der Waals surface area contributed by atoms with E-state index >= 15 is 0 Å². The molecule has 0 unspecified atom stereocenters. The Bertz CT molecular complexity index is 7590. The Morgan fingerprint density at radius 2 is 0.366 bits per heavy atom. The average Bonchev–Trinajstić information content (AvgIpc) is 0.763. The summed E-state index contributed by atoms with van der Waals surface area (Å²) in [7, 11) is 8.29. The SMILES string of the molecule is CN(c1ccc(C#N)cc1)c1ccc(N(c2cccc(-c3ccccc3)c2)c2cccc(-c3ccccc3)c2)cc1.CN(c1ccc(N(c2cccc(-c3ccccc3)c2)c2cccc(-c3ccccc3)c2)cc1)c1cccc(C#N)c1.Cc1ccc(N(c2ccccc2)c2ccc(N(C)c3cccc4ccccc34)cc2)cc1.Cc1ccc(N(c2ccccc2)c2ccc(N(C)c3ccccc3)cc2)cc1. The number of anilines is 20. The molecule has 10 heteroatoms. The third-order valence-electron chi connectivity index (χ3n) is 25.5. The van der Waals surface area contributed by atoms with Crippen LogP contribution in [0.5, 0.6) is 0 Å². The van der Waals surface area contributed by atoms with Crippen LogP contribution >= 0.6 is 0 Å². The van der Waals surface area contributed by atoms with E-state index in [0.717, 1.165) is 102 Å². The van der Waals surface area contributed by atoms with Crippen LogP contribution in [0.15, 0.2) is 546 Å². The van der Waals surface area contributed by atoms with E-state index in [0.29, 0.717) is 11.1 Å². The first-order chi connectivity index (χ1) is 69.8. The summed E-state index contributed by atoms with van der Waals surface area (Å²) in [6.07, 6.45) is 0. The Balaban J connectivity index is 0.000000126. The van der Waals surface area contributed by atoms with Crippen molar-refractivity contribution in [1.29, 1.82) is 10.5 Å². The number of nitrogens with zero attached hydrogens (tertiary/aromatic N) is 10. The zero-order valence-corrected chi connectivity index (χ0v) is 80.4. The molecule has 0 amide bonds. The number of benzene rings is 21. The van der Waals surface area contributed by atoms with Gasteiger partial charge in [-0.15, -0.1) is 0 Å². The summed E-state index contributed by atoms with van der Waals surface area (Å²) < 4.78 is 0. The predicted octanol–water partition coefficient (Wildman–Crippen LogP) is 35.9. The van der Waals surface area contributed by atoms with Gasteiger partial charge in [-0.2, -0.15) is 10.5 Å². The van der Waals surface area contributed by atoms with Crippen molar-refractivity contribution in [2.45, 2.75) is 13.8 Å². The lowest BCUT2D eigenvalue weighted by atomic mass is 10.0. The highest BCUT2D eigenvalue weighted by Crippen LogP contribution is 2.45. The van der Waals surface area contributed by atoms with Crippen LogP contribution in [0.4, 0.5) is 114 Å². The first kappa shape index (κ1) is 93.7. The van der Waals surface area contributed by atoms with Crippen molar-refractivity contribution in [1.82, 2.24) is 0 Å². The fourth-order valence-electron chi connectivity index (χ4n) is 17.7. The van der Waals surface area contributed by atoms with Crippen LogP contribution in [0.2, 0.25) is 0 Å². The second-order valence-corrected chi connectivity index (χ2v) is 34.8. The van der Waals surface area contributed by atoms with Gasteiger partial charge in [0.25, 0.3) is 0 Å². The maximum Gasteiger partial charge on any atom is 0.0992 e. The lowest BCUT2D eigenvalue weighted by Crippen LogP contribution is -2.12. The van der Waals surface area contributed by atoms with E-state index in [2.05, 4.69) is 546 Å². The van der Waals surface area contributed by atoms with Gasteiger partial charge in [0.15, 0.2) is 0 Å². The minimum absolute atomic E-state index is 0.647. The molecule has 0 aliphatic carbocycles. The van der Waals surface area contributed by atoms with Crippen LogP contribution < -0.4 is 39.2 Å². The van der Waals surface area contributed by atoms with Gasteiger partial charge in [-0.1, -0.05) is 302 Å². The van der Waals surface area contributed by atoms with Gasteiger partial charge in [0.2, 0.25) is 0 Å². The highest BCUT2D eigenvalue weighted by atomic mass is 15.2. The highest BCUT2D eigenvalue weighted by Gasteiger charge is 2.22. The van der Waals surface area contributed by atoms with Crippen LogP contribution in [0.25, 0.3) is 55.3 Å². The van der Waals surface area contributed by atoms with Crippen molar-refractivity contribution < 1.29 is 0 Å². The first-order valence-electron chi connectivity index (χ1n) is 47.8. The third kappa shape index (κ3) is 22.6. The molecule has 0 heterocycles. The minimum atomic E-state index is 0.647. The van der Waals surface area contributed by atoms with Gasteiger partial charge in [0, 0.05) is 147 Å². The monoisotopic (exact) mass is 1830 g/mol. The van der Waals surface area contributed by atoms with Crippen LogP contribution in [0, 0.1) is 36.5 Å². The van der Waals surface area contributed by atoms with Crippen molar-refractivity contribution in [2.24, 2.45) is 0 Å². The molecule has 0 aromatic heterocycles.